The van der Waals surface area contributed by atoms with Crippen molar-refractivity contribution in [2.24, 2.45) is 11.3 Å². The number of methoxy groups -OCH3 is 1. The van der Waals surface area contributed by atoms with Crippen molar-refractivity contribution >= 4 is 15.9 Å². The van der Waals surface area contributed by atoms with E-state index >= 15 is 0 Å². The van der Waals surface area contributed by atoms with E-state index in [9.17, 15) is 5.11 Å². The van der Waals surface area contributed by atoms with Crippen LogP contribution >= 0.6 is 15.9 Å². The lowest BCUT2D eigenvalue weighted by Crippen LogP contribution is -2.19. The van der Waals surface area contributed by atoms with Crippen LogP contribution in [0.1, 0.15) is 46.1 Å². The van der Waals surface area contributed by atoms with Gasteiger partial charge in [-0.2, -0.15) is 0 Å². The molecule has 0 amide bonds. The van der Waals surface area contributed by atoms with Crippen LogP contribution in [-0.4, -0.2) is 18.3 Å². The third-order valence-electron chi connectivity index (χ3n) is 3.34. The molecule has 20 heavy (non-hydrogen) atoms. The molecule has 1 rings (SSSR count). The molecule has 0 aliphatic heterocycles. The van der Waals surface area contributed by atoms with Gasteiger partial charge in [0.25, 0.3) is 0 Å². The van der Waals surface area contributed by atoms with Crippen molar-refractivity contribution in [3.63, 3.8) is 0 Å². The predicted octanol–water partition coefficient (Wildman–Crippen LogP) is 4.82. The van der Waals surface area contributed by atoms with Crippen molar-refractivity contribution in [2.75, 3.05) is 7.11 Å². The fourth-order valence-electron chi connectivity index (χ4n) is 2.76. The van der Waals surface area contributed by atoms with Gasteiger partial charge in [0.05, 0.1) is 13.2 Å². The highest BCUT2D eigenvalue weighted by atomic mass is 79.9. The number of aliphatic hydroxyl groups excluding tert-OH is 1. The first-order valence-corrected chi connectivity index (χ1v) is 8.01. The molecule has 1 aromatic rings. The topological polar surface area (TPSA) is 29.5 Å². The monoisotopic (exact) mass is 342 g/mol. The van der Waals surface area contributed by atoms with E-state index in [2.05, 4.69) is 43.6 Å². The van der Waals surface area contributed by atoms with Crippen molar-refractivity contribution in [3.8, 4) is 5.75 Å². The minimum Gasteiger partial charge on any atom is -0.497 e. The van der Waals surface area contributed by atoms with Crippen LogP contribution in [0.2, 0.25) is 0 Å². The molecule has 0 saturated heterocycles. The Morgan fingerprint density at radius 2 is 1.95 bits per heavy atom. The highest BCUT2D eigenvalue weighted by molar-refractivity contribution is 9.10. The van der Waals surface area contributed by atoms with Crippen molar-refractivity contribution in [3.05, 3.63) is 28.2 Å². The van der Waals surface area contributed by atoms with Gasteiger partial charge in [-0.05, 0) is 54.4 Å². The Hall–Kier alpha value is -0.540. The Balaban J connectivity index is 2.60. The average molecular weight is 343 g/mol. The molecule has 0 radical (unpaired) electrons. The largest absolute Gasteiger partial charge is 0.497 e. The number of halogens is 1. The predicted molar refractivity (Wildman–Crippen MR) is 88.3 cm³/mol. The van der Waals surface area contributed by atoms with Gasteiger partial charge in [0.1, 0.15) is 5.75 Å². The maximum absolute atomic E-state index is 10.3. The molecule has 0 aromatic heterocycles. The minimum absolute atomic E-state index is 0.309. The minimum atomic E-state index is -0.309. The summed E-state index contributed by atoms with van der Waals surface area (Å²) in [4.78, 5) is 0. The van der Waals surface area contributed by atoms with E-state index in [-0.39, 0.29) is 6.10 Å². The van der Waals surface area contributed by atoms with Crippen LogP contribution in [0.3, 0.4) is 0 Å². The second-order valence-electron chi connectivity index (χ2n) is 6.92. The SMILES string of the molecule is COc1ccc(Br)c(CC(O)CC(C)CC(C)(C)C)c1. The molecule has 114 valence electrons. The molecule has 1 N–H and O–H groups in total. The van der Waals surface area contributed by atoms with Crippen LogP contribution in [0.4, 0.5) is 0 Å². The molecule has 2 atom stereocenters. The number of rotatable bonds is 6. The molecule has 3 heteroatoms. The Morgan fingerprint density at radius 3 is 2.50 bits per heavy atom. The van der Waals surface area contributed by atoms with Crippen molar-refractivity contribution in [1.82, 2.24) is 0 Å². The molecule has 0 aliphatic rings. The summed E-state index contributed by atoms with van der Waals surface area (Å²) in [6.07, 6.45) is 2.31. The van der Waals surface area contributed by atoms with E-state index in [1.54, 1.807) is 7.11 Å². The van der Waals surface area contributed by atoms with Gasteiger partial charge >= 0.3 is 0 Å². The normalized spacial score (nSPS) is 14.9. The molecule has 0 heterocycles. The van der Waals surface area contributed by atoms with Crippen molar-refractivity contribution in [2.45, 2.75) is 53.1 Å². The fourth-order valence-corrected chi connectivity index (χ4v) is 3.17. The summed E-state index contributed by atoms with van der Waals surface area (Å²) < 4.78 is 6.26. The lowest BCUT2D eigenvalue weighted by Gasteiger charge is -2.25. The second-order valence-corrected chi connectivity index (χ2v) is 7.78. The third-order valence-corrected chi connectivity index (χ3v) is 4.12. The third kappa shape index (κ3) is 6.27. The molecular weight excluding hydrogens is 316 g/mol. The first-order valence-electron chi connectivity index (χ1n) is 7.22. The zero-order chi connectivity index (χ0) is 15.3. The maximum Gasteiger partial charge on any atom is 0.119 e. The van der Waals surface area contributed by atoms with Crippen LogP contribution in [0.25, 0.3) is 0 Å². The zero-order valence-electron chi connectivity index (χ0n) is 13.2. The summed E-state index contributed by atoms with van der Waals surface area (Å²) in [7, 11) is 1.66. The quantitative estimate of drug-likeness (QED) is 0.802. The highest BCUT2D eigenvalue weighted by Crippen LogP contribution is 2.29. The van der Waals surface area contributed by atoms with E-state index < -0.39 is 0 Å². The average Bonchev–Trinajstić information content (AvgIpc) is 2.29. The lowest BCUT2D eigenvalue weighted by atomic mass is 9.83. The summed E-state index contributed by atoms with van der Waals surface area (Å²) in [5.74, 6) is 1.35. The van der Waals surface area contributed by atoms with Crippen LogP contribution in [0.5, 0.6) is 5.75 Å². The first-order chi connectivity index (χ1) is 9.21. The molecule has 0 fully saturated rings. The van der Waals surface area contributed by atoms with E-state index in [4.69, 9.17) is 4.74 Å². The Kier molecular flexibility index (Phi) is 6.53. The van der Waals surface area contributed by atoms with Gasteiger partial charge in [-0.25, -0.2) is 0 Å². The Labute approximate surface area is 131 Å². The highest BCUT2D eigenvalue weighted by Gasteiger charge is 2.19. The second kappa shape index (κ2) is 7.46. The van der Waals surface area contributed by atoms with Crippen LogP contribution in [0, 0.1) is 11.3 Å². The Morgan fingerprint density at radius 1 is 1.30 bits per heavy atom. The van der Waals surface area contributed by atoms with E-state index in [1.165, 1.54) is 0 Å². The summed E-state index contributed by atoms with van der Waals surface area (Å²) in [5.41, 5.74) is 1.41. The van der Waals surface area contributed by atoms with Crippen LogP contribution < -0.4 is 4.74 Å². The number of ether oxygens (including phenoxy) is 1. The molecule has 0 spiro atoms. The number of hydrogen-bond acceptors (Lipinski definition) is 2. The van der Waals surface area contributed by atoms with Crippen LogP contribution in [-0.2, 0) is 6.42 Å². The molecular formula is C17H27BrO2. The maximum atomic E-state index is 10.3. The molecule has 2 nitrogen and oxygen atoms in total. The van der Waals surface area contributed by atoms with E-state index in [1.807, 2.05) is 18.2 Å². The van der Waals surface area contributed by atoms with E-state index in [0.29, 0.717) is 17.8 Å². The lowest BCUT2D eigenvalue weighted by molar-refractivity contribution is 0.132. The number of aliphatic hydroxyl groups is 1. The molecule has 0 saturated carbocycles. The van der Waals surface area contributed by atoms with Gasteiger partial charge in [0, 0.05) is 4.47 Å². The van der Waals surface area contributed by atoms with Gasteiger partial charge in [0.2, 0.25) is 0 Å². The first kappa shape index (κ1) is 17.5. The van der Waals surface area contributed by atoms with Gasteiger partial charge in [-0.15, -0.1) is 0 Å². The molecule has 0 bridgehead atoms. The number of benzene rings is 1. The zero-order valence-corrected chi connectivity index (χ0v) is 14.8. The van der Waals surface area contributed by atoms with Gasteiger partial charge < -0.3 is 9.84 Å². The molecule has 2 unspecified atom stereocenters. The molecule has 1 aromatic carbocycles. The summed E-state index contributed by atoms with van der Waals surface area (Å²) >= 11 is 3.54. The summed E-state index contributed by atoms with van der Waals surface area (Å²) in [5, 5.41) is 10.3. The van der Waals surface area contributed by atoms with Crippen molar-refractivity contribution < 1.29 is 9.84 Å². The molecule has 0 aliphatic carbocycles. The standard InChI is InChI=1S/C17H27BrO2/c1-12(11-17(2,3)4)8-14(19)9-13-10-15(20-5)6-7-16(13)18/h6-7,10,12,14,19H,8-9,11H2,1-5H3. The van der Waals surface area contributed by atoms with E-state index in [0.717, 1.165) is 28.6 Å². The smallest absolute Gasteiger partial charge is 0.119 e. The van der Waals surface area contributed by atoms with Gasteiger partial charge in [0.15, 0.2) is 0 Å². The van der Waals surface area contributed by atoms with Gasteiger partial charge in [-0.3, -0.25) is 0 Å². The van der Waals surface area contributed by atoms with Crippen molar-refractivity contribution in [1.29, 1.82) is 0 Å². The fraction of sp³-hybridized carbons (Fsp3) is 0.647. The number of hydrogen-bond donors (Lipinski definition) is 1. The Bertz CT molecular complexity index is 423. The summed E-state index contributed by atoms with van der Waals surface area (Å²) in [6, 6.07) is 5.88. The van der Waals surface area contributed by atoms with Crippen LogP contribution in [0.15, 0.2) is 22.7 Å². The van der Waals surface area contributed by atoms with Gasteiger partial charge in [-0.1, -0.05) is 43.6 Å². The summed E-state index contributed by atoms with van der Waals surface area (Å²) in [6.45, 7) is 8.95.